The molecule has 0 radical (unpaired) electrons. The Morgan fingerprint density at radius 3 is 2.94 bits per heavy atom. The summed E-state index contributed by atoms with van der Waals surface area (Å²) in [6.45, 7) is 2.00. The van der Waals surface area contributed by atoms with Crippen molar-refractivity contribution in [3.63, 3.8) is 0 Å². The number of carbonyl (C=O) groups excluding carboxylic acids is 1. The Kier molecular flexibility index (Phi) is 2.35. The van der Waals surface area contributed by atoms with Gasteiger partial charge in [-0.3, -0.25) is 4.79 Å². The van der Waals surface area contributed by atoms with Crippen LogP contribution < -0.4 is 0 Å². The Hall–Kier alpha value is -1.62. The van der Waals surface area contributed by atoms with Gasteiger partial charge in [-0.25, -0.2) is 9.50 Å². The minimum Gasteiger partial charge on any atom is -0.468 e. The fourth-order valence-corrected chi connectivity index (χ4v) is 2.60. The van der Waals surface area contributed by atoms with Crippen LogP contribution in [0.15, 0.2) is 18.3 Å². The van der Waals surface area contributed by atoms with Crippen LogP contribution in [0.1, 0.15) is 19.2 Å². The summed E-state index contributed by atoms with van der Waals surface area (Å²) >= 11 is 5.89. The second-order valence-corrected chi connectivity index (χ2v) is 5.03. The lowest BCUT2D eigenvalue weighted by molar-refractivity contribution is -0.144. The Labute approximate surface area is 109 Å². The molecule has 0 spiro atoms. The van der Waals surface area contributed by atoms with Gasteiger partial charge in [0.2, 0.25) is 0 Å². The molecule has 0 aliphatic heterocycles. The number of halogens is 1. The van der Waals surface area contributed by atoms with Crippen LogP contribution in [0, 0.1) is 5.92 Å². The van der Waals surface area contributed by atoms with Crippen LogP contribution in [0.25, 0.3) is 5.52 Å². The van der Waals surface area contributed by atoms with Crippen molar-refractivity contribution in [3.05, 3.63) is 29.3 Å². The molecule has 1 aliphatic rings. The predicted molar refractivity (Wildman–Crippen MR) is 65.5 cm³/mol. The molecular weight excluding hydrogens is 254 g/mol. The van der Waals surface area contributed by atoms with Crippen molar-refractivity contribution in [2.24, 2.45) is 5.92 Å². The maximum atomic E-state index is 12.0. The van der Waals surface area contributed by atoms with Gasteiger partial charge in [-0.15, -0.1) is 0 Å². The fraction of sp³-hybridized carbons (Fsp3) is 0.417. The summed E-state index contributed by atoms with van der Waals surface area (Å²) in [4.78, 5) is 16.3. The highest BCUT2D eigenvalue weighted by atomic mass is 35.5. The summed E-state index contributed by atoms with van der Waals surface area (Å²) in [5.41, 5.74) is 0.149. The van der Waals surface area contributed by atoms with Crippen LogP contribution in [0.5, 0.6) is 0 Å². The smallest absolute Gasteiger partial charge is 0.319 e. The quantitative estimate of drug-likeness (QED) is 0.778. The summed E-state index contributed by atoms with van der Waals surface area (Å²) in [5.74, 6) is 0.556. The minimum absolute atomic E-state index is 0.205. The number of aromatic nitrogens is 3. The van der Waals surface area contributed by atoms with Crippen molar-refractivity contribution in [1.82, 2.24) is 14.6 Å². The first-order chi connectivity index (χ1) is 8.59. The van der Waals surface area contributed by atoms with Crippen molar-refractivity contribution in [2.45, 2.75) is 18.8 Å². The van der Waals surface area contributed by atoms with Gasteiger partial charge >= 0.3 is 5.97 Å². The Morgan fingerprint density at radius 2 is 2.33 bits per heavy atom. The average Bonchev–Trinajstić information content (AvgIpc) is 2.86. The molecule has 18 heavy (non-hydrogen) atoms. The average molecular weight is 266 g/mol. The third-order valence-electron chi connectivity index (χ3n) is 3.61. The van der Waals surface area contributed by atoms with E-state index < -0.39 is 5.41 Å². The monoisotopic (exact) mass is 265 g/mol. The molecule has 2 atom stereocenters. The summed E-state index contributed by atoms with van der Waals surface area (Å²) in [7, 11) is 1.39. The number of hydrogen-bond donors (Lipinski definition) is 0. The van der Waals surface area contributed by atoms with Gasteiger partial charge in [-0.1, -0.05) is 18.5 Å². The van der Waals surface area contributed by atoms with E-state index in [9.17, 15) is 4.79 Å². The number of ether oxygens (including phenoxy) is 1. The molecule has 1 aliphatic carbocycles. The lowest BCUT2D eigenvalue weighted by Crippen LogP contribution is -2.27. The maximum absolute atomic E-state index is 12.0. The number of carbonyl (C=O) groups is 1. The normalized spacial score (nSPS) is 26.3. The Morgan fingerprint density at radius 1 is 1.61 bits per heavy atom. The lowest BCUT2D eigenvalue weighted by atomic mass is 10.0. The number of esters is 1. The van der Waals surface area contributed by atoms with E-state index in [0.717, 1.165) is 11.9 Å². The van der Waals surface area contributed by atoms with Gasteiger partial charge in [-0.05, 0) is 24.5 Å². The van der Waals surface area contributed by atoms with E-state index in [1.54, 1.807) is 16.8 Å². The molecule has 5 nitrogen and oxygen atoms in total. The van der Waals surface area contributed by atoms with Gasteiger partial charge < -0.3 is 4.74 Å². The molecule has 0 bridgehead atoms. The summed E-state index contributed by atoms with van der Waals surface area (Å²) in [5, 5.41) is 4.58. The van der Waals surface area contributed by atoms with E-state index in [1.165, 1.54) is 7.11 Å². The Bertz CT molecular complexity index is 639. The number of rotatable bonds is 2. The van der Waals surface area contributed by atoms with Crippen molar-refractivity contribution in [3.8, 4) is 0 Å². The lowest BCUT2D eigenvalue weighted by Gasteiger charge is -2.12. The van der Waals surface area contributed by atoms with Gasteiger partial charge in [0.05, 0.1) is 18.8 Å². The van der Waals surface area contributed by atoms with Gasteiger partial charge in [0.1, 0.15) is 16.4 Å². The molecule has 2 heterocycles. The molecule has 3 rings (SSSR count). The van der Waals surface area contributed by atoms with E-state index in [1.807, 2.05) is 13.0 Å². The number of nitrogens with zero attached hydrogens (tertiary/aromatic N) is 3. The SMILES string of the molecule is COC(=O)C1(c2ncc3ccc(Cl)nn23)CC1C. The van der Waals surface area contributed by atoms with Crippen LogP contribution in [-0.4, -0.2) is 27.7 Å². The van der Waals surface area contributed by atoms with Gasteiger partial charge in [0.15, 0.2) is 0 Å². The van der Waals surface area contributed by atoms with Gasteiger partial charge in [-0.2, -0.15) is 5.10 Å². The minimum atomic E-state index is -0.668. The molecule has 0 saturated heterocycles. The first kappa shape index (κ1) is 11.5. The molecule has 2 unspecified atom stereocenters. The van der Waals surface area contributed by atoms with Crippen molar-refractivity contribution in [1.29, 1.82) is 0 Å². The predicted octanol–water partition coefficient (Wildman–Crippen LogP) is 1.83. The van der Waals surface area contributed by atoms with E-state index in [2.05, 4.69) is 10.1 Å². The van der Waals surface area contributed by atoms with Crippen LogP contribution in [0.2, 0.25) is 5.15 Å². The number of imidazole rings is 1. The number of fused-ring (bicyclic) bond motifs is 1. The highest BCUT2D eigenvalue weighted by molar-refractivity contribution is 6.29. The van der Waals surface area contributed by atoms with E-state index in [0.29, 0.717) is 11.0 Å². The standard InChI is InChI=1S/C12H12ClN3O2/c1-7-5-12(7,11(17)18-2)10-14-6-8-3-4-9(13)15-16(8)10/h3-4,6-7H,5H2,1-2H3. The molecule has 1 saturated carbocycles. The molecule has 94 valence electrons. The molecule has 2 aromatic heterocycles. The zero-order chi connectivity index (χ0) is 12.9. The first-order valence-electron chi connectivity index (χ1n) is 5.69. The van der Waals surface area contributed by atoms with E-state index in [4.69, 9.17) is 16.3 Å². The molecule has 0 amide bonds. The van der Waals surface area contributed by atoms with Crippen LogP contribution in [0.3, 0.4) is 0 Å². The Balaban J connectivity index is 2.20. The summed E-state index contributed by atoms with van der Waals surface area (Å²) in [6, 6.07) is 3.52. The number of hydrogen-bond acceptors (Lipinski definition) is 4. The molecular formula is C12H12ClN3O2. The summed E-state index contributed by atoms with van der Waals surface area (Å²) < 4.78 is 6.53. The fourth-order valence-electron chi connectivity index (χ4n) is 2.46. The van der Waals surface area contributed by atoms with Crippen molar-refractivity contribution < 1.29 is 9.53 Å². The first-order valence-corrected chi connectivity index (χ1v) is 6.06. The van der Waals surface area contributed by atoms with E-state index >= 15 is 0 Å². The topological polar surface area (TPSA) is 56.5 Å². The van der Waals surface area contributed by atoms with Gasteiger partial charge in [0, 0.05) is 0 Å². The third kappa shape index (κ3) is 1.37. The van der Waals surface area contributed by atoms with Gasteiger partial charge in [0.25, 0.3) is 0 Å². The molecule has 0 N–H and O–H groups in total. The maximum Gasteiger partial charge on any atom is 0.319 e. The van der Waals surface area contributed by atoms with Crippen LogP contribution in [0.4, 0.5) is 0 Å². The second kappa shape index (κ2) is 3.68. The van der Waals surface area contributed by atoms with Crippen molar-refractivity contribution >= 4 is 23.1 Å². The summed E-state index contributed by atoms with van der Waals surface area (Å²) in [6.07, 6.45) is 2.42. The van der Waals surface area contributed by atoms with Crippen LogP contribution >= 0.6 is 11.6 Å². The second-order valence-electron chi connectivity index (χ2n) is 4.64. The molecule has 6 heteroatoms. The van der Waals surface area contributed by atoms with Crippen molar-refractivity contribution in [2.75, 3.05) is 7.11 Å². The van der Waals surface area contributed by atoms with Crippen LogP contribution in [-0.2, 0) is 14.9 Å². The zero-order valence-corrected chi connectivity index (χ0v) is 10.8. The molecule has 1 fully saturated rings. The zero-order valence-electron chi connectivity index (χ0n) is 10.1. The largest absolute Gasteiger partial charge is 0.468 e. The number of methoxy groups -OCH3 is 1. The highest BCUT2D eigenvalue weighted by Crippen LogP contribution is 2.54. The molecule has 0 aromatic carbocycles. The highest BCUT2D eigenvalue weighted by Gasteiger charge is 2.62. The van der Waals surface area contributed by atoms with E-state index in [-0.39, 0.29) is 11.9 Å². The third-order valence-corrected chi connectivity index (χ3v) is 3.81. The molecule has 2 aromatic rings.